The van der Waals surface area contributed by atoms with E-state index in [1.165, 1.54) is 19.2 Å². The second-order valence-electron chi connectivity index (χ2n) is 5.14. The van der Waals surface area contributed by atoms with E-state index in [0.29, 0.717) is 28.7 Å². The molecule has 1 amide bonds. The Morgan fingerprint density at radius 3 is 2.44 bits per heavy atom. The average molecular weight is 373 g/mol. The van der Waals surface area contributed by atoms with Crippen molar-refractivity contribution in [1.29, 1.82) is 0 Å². The number of anilines is 2. The maximum absolute atomic E-state index is 12.5. The first-order valence-electron chi connectivity index (χ1n) is 7.34. The molecule has 0 saturated heterocycles. The molecule has 0 fully saturated rings. The maximum Gasteiger partial charge on any atom is 0.416 e. The molecule has 0 atom stereocenters. The third kappa shape index (κ3) is 5.56. The molecule has 2 aromatic rings. The number of methoxy groups -OCH3 is 1. The number of nitrogens with one attached hydrogen (secondary N) is 2. The van der Waals surface area contributed by atoms with Gasteiger partial charge in [-0.1, -0.05) is 11.6 Å². The van der Waals surface area contributed by atoms with Gasteiger partial charge in [0.15, 0.2) is 0 Å². The van der Waals surface area contributed by atoms with Crippen molar-refractivity contribution in [2.45, 2.75) is 12.6 Å². The Labute approximate surface area is 147 Å². The van der Waals surface area contributed by atoms with Gasteiger partial charge in [-0.3, -0.25) is 4.79 Å². The van der Waals surface area contributed by atoms with Crippen molar-refractivity contribution in [3.63, 3.8) is 0 Å². The van der Waals surface area contributed by atoms with Crippen LogP contribution in [0.1, 0.15) is 12.0 Å². The first-order valence-corrected chi connectivity index (χ1v) is 7.72. The van der Waals surface area contributed by atoms with Crippen LogP contribution in [0.5, 0.6) is 5.75 Å². The van der Waals surface area contributed by atoms with Crippen LogP contribution in [0.2, 0.25) is 5.02 Å². The van der Waals surface area contributed by atoms with E-state index in [1.54, 1.807) is 18.2 Å². The highest BCUT2D eigenvalue weighted by atomic mass is 35.5. The van der Waals surface area contributed by atoms with Gasteiger partial charge in [-0.15, -0.1) is 0 Å². The molecule has 0 saturated carbocycles. The molecule has 0 bridgehead atoms. The lowest BCUT2D eigenvalue weighted by Gasteiger charge is -2.12. The van der Waals surface area contributed by atoms with E-state index < -0.39 is 11.7 Å². The number of ether oxygens (including phenoxy) is 1. The first-order chi connectivity index (χ1) is 11.8. The zero-order valence-electron chi connectivity index (χ0n) is 13.3. The van der Waals surface area contributed by atoms with Gasteiger partial charge in [0.05, 0.1) is 18.4 Å². The van der Waals surface area contributed by atoms with E-state index >= 15 is 0 Å². The highest BCUT2D eigenvalue weighted by molar-refractivity contribution is 6.30. The summed E-state index contributed by atoms with van der Waals surface area (Å²) < 4.78 is 42.6. The minimum absolute atomic E-state index is 0.122. The summed E-state index contributed by atoms with van der Waals surface area (Å²) in [4.78, 5) is 11.9. The number of amides is 1. The van der Waals surface area contributed by atoms with Crippen LogP contribution in [0.15, 0.2) is 42.5 Å². The highest BCUT2D eigenvalue weighted by Gasteiger charge is 2.29. The van der Waals surface area contributed by atoms with Gasteiger partial charge in [0.1, 0.15) is 5.75 Å². The van der Waals surface area contributed by atoms with E-state index in [2.05, 4.69) is 10.6 Å². The molecule has 0 radical (unpaired) electrons. The summed E-state index contributed by atoms with van der Waals surface area (Å²) in [7, 11) is 1.52. The molecule has 0 aliphatic carbocycles. The summed E-state index contributed by atoms with van der Waals surface area (Å²) in [5.74, 6) is 0.265. The molecule has 25 heavy (non-hydrogen) atoms. The average Bonchev–Trinajstić information content (AvgIpc) is 2.55. The van der Waals surface area contributed by atoms with Crippen LogP contribution in [-0.4, -0.2) is 19.6 Å². The highest BCUT2D eigenvalue weighted by Crippen LogP contribution is 2.30. The van der Waals surface area contributed by atoms with Gasteiger partial charge in [0.2, 0.25) is 5.91 Å². The summed E-state index contributed by atoms with van der Waals surface area (Å²) >= 11 is 5.91. The molecule has 0 heterocycles. The van der Waals surface area contributed by atoms with Crippen molar-refractivity contribution in [3.8, 4) is 5.75 Å². The number of alkyl halides is 3. The van der Waals surface area contributed by atoms with Gasteiger partial charge in [0, 0.05) is 23.7 Å². The minimum atomic E-state index is -4.40. The van der Waals surface area contributed by atoms with E-state index in [0.717, 1.165) is 12.1 Å². The molecule has 0 aromatic heterocycles. The Kier molecular flexibility index (Phi) is 6.14. The number of carbonyl (C=O) groups is 1. The summed E-state index contributed by atoms with van der Waals surface area (Å²) in [5, 5.41) is 6.10. The van der Waals surface area contributed by atoms with Crippen molar-refractivity contribution in [3.05, 3.63) is 53.1 Å². The van der Waals surface area contributed by atoms with Crippen molar-refractivity contribution < 1.29 is 22.7 Å². The Morgan fingerprint density at radius 2 is 1.84 bits per heavy atom. The van der Waals surface area contributed by atoms with Gasteiger partial charge in [-0.25, -0.2) is 0 Å². The van der Waals surface area contributed by atoms with Crippen molar-refractivity contribution in [2.24, 2.45) is 0 Å². The summed E-state index contributed by atoms with van der Waals surface area (Å²) in [6.07, 6.45) is -4.28. The number of carbonyl (C=O) groups excluding carboxylic acids is 1. The van der Waals surface area contributed by atoms with Crippen LogP contribution < -0.4 is 15.4 Å². The predicted molar refractivity (Wildman–Crippen MR) is 91.2 cm³/mol. The molecule has 4 nitrogen and oxygen atoms in total. The lowest BCUT2D eigenvalue weighted by molar-refractivity contribution is -0.137. The molecule has 2 N–H and O–H groups in total. The molecule has 0 spiro atoms. The lowest BCUT2D eigenvalue weighted by Crippen LogP contribution is -2.16. The van der Waals surface area contributed by atoms with E-state index in [1.807, 2.05) is 0 Å². The molecule has 2 rings (SSSR count). The SMILES string of the molecule is COc1ccc(Cl)cc1NCCC(=O)Nc1ccc(C(F)(F)F)cc1. The Morgan fingerprint density at radius 1 is 1.16 bits per heavy atom. The fourth-order valence-corrected chi connectivity index (χ4v) is 2.27. The standard InChI is InChI=1S/C17H16ClF3N2O2/c1-25-15-7-4-12(18)10-14(15)22-9-8-16(24)23-13-5-2-11(3-6-13)17(19,20)21/h2-7,10,22H,8-9H2,1H3,(H,23,24). The van der Waals surface area contributed by atoms with Gasteiger partial charge < -0.3 is 15.4 Å². The largest absolute Gasteiger partial charge is 0.495 e. The number of benzene rings is 2. The maximum atomic E-state index is 12.5. The van der Waals surface area contributed by atoms with E-state index in [4.69, 9.17) is 16.3 Å². The van der Waals surface area contributed by atoms with Crippen LogP contribution >= 0.6 is 11.6 Å². The number of hydrogen-bond donors (Lipinski definition) is 2. The Hall–Kier alpha value is -2.41. The van der Waals surface area contributed by atoms with Gasteiger partial charge >= 0.3 is 6.18 Å². The van der Waals surface area contributed by atoms with Crippen LogP contribution in [-0.2, 0) is 11.0 Å². The molecule has 134 valence electrons. The molecule has 0 aliphatic rings. The second-order valence-corrected chi connectivity index (χ2v) is 5.58. The smallest absolute Gasteiger partial charge is 0.416 e. The second kappa shape index (κ2) is 8.11. The predicted octanol–water partition coefficient (Wildman–Crippen LogP) is 4.81. The molecule has 0 unspecified atom stereocenters. The van der Waals surface area contributed by atoms with Crippen LogP contribution in [0.3, 0.4) is 0 Å². The summed E-state index contributed by atoms with van der Waals surface area (Å²) in [6, 6.07) is 9.33. The zero-order chi connectivity index (χ0) is 18.4. The number of halogens is 4. The molecular weight excluding hydrogens is 357 g/mol. The van der Waals surface area contributed by atoms with Crippen LogP contribution in [0.25, 0.3) is 0 Å². The number of hydrogen-bond acceptors (Lipinski definition) is 3. The molecule has 8 heteroatoms. The van der Waals surface area contributed by atoms with Gasteiger partial charge in [-0.05, 0) is 42.5 Å². The number of rotatable bonds is 6. The fourth-order valence-electron chi connectivity index (χ4n) is 2.10. The van der Waals surface area contributed by atoms with Gasteiger partial charge in [0.25, 0.3) is 0 Å². The minimum Gasteiger partial charge on any atom is -0.495 e. The third-order valence-electron chi connectivity index (χ3n) is 3.33. The van der Waals surface area contributed by atoms with Crippen LogP contribution in [0, 0.1) is 0 Å². The fraction of sp³-hybridized carbons (Fsp3) is 0.235. The Bertz CT molecular complexity index is 734. The normalized spacial score (nSPS) is 11.1. The third-order valence-corrected chi connectivity index (χ3v) is 3.56. The van der Waals surface area contributed by atoms with E-state index in [-0.39, 0.29) is 12.3 Å². The van der Waals surface area contributed by atoms with Crippen LogP contribution in [0.4, 0.5) is 24.5 Å². The topological polar surface area (TPSA) is 50.4 Å². The van der Waals surface area contributed by atoms with Gasteiger partial charge in [-0.2, -0.15) is 13.2 Å². The molecule has 2 aromatic carbocycles. The van der Waals surface area contributed by atoms with Crippen molar-refractivity contribution in [2.75, 3.05) is 24.3 Å². The summed E-state index contributed by atoms with van der Waals surface area (Å²) in [5.41, 5.74) is 0.191. The lowest BCUT2D eigenvalue weighted by atomic mass is 10.2. The first kappa shape index (κ1) is 18.9. The van der Waals surface area contributed by atoms with Crippen molar-refractivity contribution >= 4 is 28.9 Å². The quantitative estimate of drug-likeness (QED) is 0.765. The monoisotopic (exact) mass is 372 g/mol. The Balaban J connectivity index is 1.86. The van der Waals surface area contributed by atoms with Crippen molar-refractivity contribution in [1.82, 2.24) is 0 Å². The zero-order valence-corrected chi connectivity index (χ0v) is 14.0. The summed E-state index contributed by atoms with van der Waals surface area (Å²) in [6.45, 7) is 0.309. The van der Waals surface area contributed by atoms with E-state index in [9.17, 15) is 18.0 Å². The molecule has 0 aliphatic heterocycles. The molecular formula is C17H16ClF3N2O2.